The number of nitriles is 1. The van der Waals surface area contributed by atoms with Crippen LogP contribution >= 0.6 is 0 Å². The molecule has 0 aliphatic carbocycles. The Labute approximate surface area is 127 Å². The van der Waals surface area contributed by atoms with Crippen molar-refractivity contribution in [3.8, 4) is 11.8 Å². The van der Waals surface area contributed by atoms with E-state index in [1.165, 1.54) is 0 Å². The Bertz CT molecular complexity index is 720. The van der Waals surface area contributed by atoms with Crippen molar-refractivity contribution < 1.29 is 4.74 Å². The van der Waals surface area contributed by atoms with Crippen LogP contribution in [0.4, 0.5) is 5.69 Å². The van der Waals surface area contributed by atoms with Crippen molar-refractivity contribution >= 4 is 17.2 Å². The van der Waals surface area contributed by atoms with Crippen LogP contribution in [0.3, 0.4) is 0 Å². The van der Waals surface area contributed by atoms with Crippen molar-refractivity contribution in [2.75, 3.05) is 5.43 Å². The monoisotopic (exact) mass is 294 g/mol. The van der Waals surface area contributed by atoms with E-state index >= 15 is 0 Å². The van der Waals surface area contributed by atoms with Gasteiger partial charge in [0.2, 0.25) is 5.71 Å². The second-order valence-corrected chi connectivity index (χ2v) is 4.24. The minimum Gasteiger partial charge on any atom is -0.487 e. The molecule has 4 N–H and O–H groups in total. The fourth-order valence-corrected chi connectivity index (χ4v) is 1.59. The first-order chi connectivity index (χ1) is 10.7. The van der Waals surface area contributed by atoms with E-state index < -0.39 is 5.84 Å². The average Bonchev–Trinajstić information content (AvgIpc) is 2.55. The van der Waals surface area contributed by atoms with Gasteiger partial charge in [-0.3, -0.25) is 15.8 Å². The van der Waals surface area contributed by atoms with Crippen LogP contribution in [-0.2, 0) is 6.61 Å². The van der Waals surface area contributed by atoms with Gasteiger partial charge in [-0.25, -0.2) is 0 Å². The van der Waals surface area contributed by atoms with Crippen LogP contribution in [0.5, 0.6) is 5.75 Å². The normalized spacial score (nSPS) is 10.6. The van der Waals surface area contributed by atoms with Gasteiger partial charge < -0.3 is 10.5 Å². The molecule has 0 saturated carbocycles. The standard InChI is InChI=1S/C15H14N6O/c16-8-13(15(17)18)21-20-12-5-1-2-6-14(12)22-10-11-4-3-7-19-9-11/h1-7,9,20H,10H2,(H3,17,18)/b21-13+. The summed E-state index contributed by atoms with van der Waals surface area (Å²) in [5, 5.41) is 19.8. The zero-order chi connectivity index (χ0) is 15.8. The summed E-state index contributed by atoms with van der Waals surface area (Å²) < 4.78 is 5.71. The number of para-hydroxylation sites is 2. The van der Waals surface area contributed by atoms with E-state index in [2.05, 4.69) is 15.5 Å². The number of nitrogens with zero attached hydrogens (tertiary/aromatic N) is 3. The van der Waals surface area contributed by atoms with E-state index in [0.717, 1.165) is 5.56 Å². The molecular formula is C15H14N6O. The Morgan fingerprint density at radius 2 is 2.18 bits per heavy atom. The molecule has 0 bridgehead atoms. The van der Waals surface area contributed by atoms with E-state index in [9.17, 15) is 0 Å². The molecular weight excluding hydrogens is 280 g/mol. The molecule has 22 heavy (non-hydrogen) atoms. The molecule has 110 valence electrons. The van der Waals surface area contributed by atoms with Gasteiger partial charge in [0.25, 0.3) is 0 Å². The number of aromatic nitrogens is 1. The Hall–Kier alpha value is -3.40. The summed E-state index contributed by atoms with van der Waals surface area (Å²) in [6.07, 6.45) is 3.41. The molecule has 2 rings (SSSR count). The van der Waals surface area contributed by atoms with Gasteiger partial charge in [-0.2, -0.15) is 10.4 Å². The molecule has 0 aliphatic heterocycles. The lowest BCUT2D eigenvalue weighted by Crippen LogP contribution is -2.21. The highest BCUT2D eigenvalue weighted by atomic mass is 16.5. The van der Waals surface area contributed by atoms with Crippen LogP contribution < -0.4 is 15.9 Å². The third-order valence-electron chi connectivity index (χ3n) is 2.65. The number of hydrogen-bond acceptors (Lipinski definition) is 6. The van der Waals surface area contributed by atoms with Crippen LogP contribution in [0.1, 0.15) is 5.56 Å². The topological polar surface area (TPSA) is 120 Å². The van der Waals surface area contributed by atoms with Crippen molar-refractivity contribution in [1.82, 2.24) is 4.98 Å². The minimum absolute atomic E-state index is 0.193. The first kappa shape index (κ1) is 15.0. The van der Waals surface area contributed by atoms with Crippen molar-refractivity contribution in [2.24, 2.45) is 10.8 Å². The zero-order valence-corrected chi connectivity index (χ0v) is 11.7. The fraction of sp³-hybridized carbons (Fsp3) is 0.0667. The van der Waals surface area contributed by atoms with E-state index in [4.69, 9.17) is 21.1 Å². The van der Waals surface area contributed by atoms with E-state index in [-0.39, 0.29) is 5.71 Å². The third-order valence-corrected chi connectivity index (χ3v) is 2.65. The number of benzene rings is 1. The van der Waals surface area contributed by atoms with Crippen LogP contribution in [0.25, 0.3) is 0 Å². The van der Waals surface area contributed by atoms with Crippen molar-refractivity contribution in [3.05, 3.63) is 54.4 Å². The van der Waals surface area contributed by atoms with Crippen molar-refractivity contribution in [3.63, 3.8) is 0 Å². The van der Waals surface area contributed by atoms with Gasteiger partial charge in [-0.15, -0.1) is 0 Å². The highest BCUT2D eigenvalue weighted by Gasteiger charge is 2.05. The SMILES string of the molecule is N#C/C(=N\Nc1ccccc1OCc1cccnc1)C(=N)N. The van der Waals surface area contributed by atoms with E-state index in [0.29, 0.717) is 18.0 Å². The number of nitrogens with one attached hydrogen (secondary N) is 2. The summed E-state index contributed by atoms with van der Waals surface area (Å²) in [4.78, 5) is 4.02. The Morgan fingerprint density at radius 1 is 1.36 bits per heavy atom. The molecule has 0 saturated heterocycles. The molecule has 7 heteroatoms. The summed E-state index contributed by atoms with van der Waals surface area (Å²) in [6.45, 7) is 0.355. The van der Waals surface area contributed by atoms with Crippen LogP contribution in [-0.4, -0.2) is 16.5 Å². The highest BCUT2D eigenvalue weighted by Crippen LogP contribution is 2.24. The Kier molecular flexibility index (Phi) is 5.04. The lowest BCUT2D eigenvalue weighted by molar-refractivity contribution is 0.307. The molecule has 0 fully saturated rings. The second kappa shape index (κ2) is 7.40. The van der Waals surface area contributed by atoms with Crippen molar-refractivity contribution in [2.45, 2.75) is 6.61 Å². The minimum atomic E-state index is -0.399. The van der Waals surface area contributed by atoms with Gasteiger partial charge in [-0.05, 0) is 18.2 Å². The quantitative estimate of drug-likeness (QED) is 0.427. The zero-order valence-electron chi connectivity index (χ0n) is 11.7. The number of rotatable bonds is 6. The number of anilines is 1. The molecule has 1 aromatic carbocycles. The number of hydrazone groups is 1. The predicted molar refractivity (Wildman–Crippen MR) is 83.6 cm³/mol. The number of hydrogen-bond donors (Lipinski definition) is 3. The summed E-state index contributed by atoms with van der Waals surface area (Å²) in [6, 6.07) is 12.6. The summed E-state index contributed by atoms with van der Waals surface area (Å²) >= 11 is 0. The molecule has 0 amide bonds. The summed E-state index contributed by atoms with van der Waals surface area (Å²) in [5.41, 5.74) is 9.23. The maximum atomic E-state index is 8.82. The number of pyridine rings is 1. The fourth-order valence-electron chi connectivity index (χ4n) is 1.59. The van der Waals surface area contributed by atoms with Crippen LogP contribution in [0.15, 0.2) is 53.9 Å². The average molecular weight is 294 g/mol. The smallest absolute Gasteiger partial charge is 0.201 e. The molecule has 0 aliphatic rings. The molecule has 2 aromatic rings. The first-order valence-corrected chi connectivity index (χ1v) is 6.39. The number of ether oxygens (including phenoxy) is 1. The first-order valence-electron chi connectivity index (χ1n) is 6.39. The number of nitrogens with two attached hydrogens (primary N) is 1. The maximum absolute atomic E-state index is 8.82. The molecule has 1 aromatic heterocycles. The Balaban J connectivity index is 2.10. The van der Waals surface area contributed by atoms with Gasteiger partial charge in [0.15, 0.2) is 5.84 Å². The molecule has 1 heterocycles. The largest absolute Gasteiger partial charge is 0.487 e. The van der Waals surface area contributed by atoms with E-state index in [1.807, 2.05) is 18.2 Å². The van der Waals surface area contributed by atoms with Gasteiger partial charge in [0.05, 0.1) is 5.69 Å². The van der Waals surface area contributed by atoms with Gasteiger partial charge >= 0.3 is 0 Å². The second-order valence-electron chi connectivity index (χ2n) is 4.24. The number of amidine groups is 1. The molecule has 0 spiro atoms. The molecule has 7 nitrogen and oxygen atoms in total. The van der Waals surface area contributed by atoms with Crippen LogP contribution in [0.2, 0.25) is 0 Å². The third kappa shape index (κ3) is 4.05. The van der Waals surface area contributed by atoms with Gasteiger partial charge in [-0.1, -0.05) is 18.2 Å². The lowest BCUT2D eigenvalue weighted by atomic mass is 10.3. The molecule has 0 unspecified atom stereocenters. The predicted octanol–water partition coefficient (Wildman–Crippen LogP) is 1.89. The van der Waals surface area contributed by atoms with Gasteiger partial charge in [0.1, 0.15) is 18.4 Å². The Morgan fingerprint density at radius 3 is 2.86 bits per heavy atom. The summed E-state index contributed by atoms with van der Waals surface area (Å²) in [5.74, 6) is 0.166. The van der Waals surface area contributed by atoms with E-state index in [1.54, 1.807) is 36.7 Å². The van der Waals surface area contributed by atoms with Gasteiger partial charge in [0, 0.05) is 18.0 Å². The summed E-state index contributed by atoms with van der Waals surface area (Å²) in [7, 11) is 0. The maximum Gasteiger partial charge on any atom is 0.201 e. The van der Waals surface area contributed by atoms with Crippen molar-refractivity contribution in [1.29, 1.82) is 10.7 Å². The van der Waals surface area contributed by atoms with Crippen LogP contribution in [0, 0.1) is 16.7 Å². The molecule has 0 radical (unpaired) electrons. The highest BCUT2D eigenvalue weighted by molar-refractivity contribution is 6.45. The lowest BCUT2D eigenvalue weighted by Gasteiger charge is -2.10. The molecule has 0 atom stereocenters.